The second-order valence-electron chi connectivity index (χ2n) is 5.69. The number of piperidine rings is 1. The Balaban J connectivity index is 2.05. The molecule has 2 atom stereocenters. The average molecular weight is 307 g/mol. The van der Waals surface area contributed by atoms with Gasteiger partial charge in [-0.1, -0.05) is 6.07 Å². The molecule has 1 fully saturated rings. The van der Waals surface area contributed by atoms with Crippen LogP contribution >= 0.6 is 0 Å². The number of halogens is 1. The third-order valence-corrected chi connectivity index (χ3v) is 4.12. The number of aliphatic hydroxyl groups excluding tert-OH is 1. The van der Waals surface area contributed by atoms with Gasteiger partial charge >= 0.3 is 0 Å². The lowest BCUT2D eigenvalue weighted by Gasteiger charge is -2.36. The first-order valence-corrected chi connectivity index (χ1v) is 7.48. The van der Waals surface area contributed by atoms with E-state index in [0.29, 0.717) is 12.1 Å². The largest absolute Gasteiger partial charge is 0.494 e. The minimum absolute atomic E-state index is 0.101. The monoisotopic (exact) mass is 307 g/mol. The van der Waals surface area contributed by atoms with Crippen molar-refractivity contribution >= 4 is 12.0 Å². The number of likely N-dealkylation sites (tertiary alicyclic amines) is 1. The van der Waals surface area contributed by atoms with Crippen LogP contribution in [-0.2, 0) is 4.79 Å². The van der Waals surface area contributed by atoms with Crippen LogP contribution in [0.4, 0.5) is 4.39 Å². The van der Waals surface area contributed by atoms with Crippen molar-refractivity contribution in [2.75, 3.05) is 20.3 Å². The minimum atomic E-state index is -0.455. The van der Waals surface area contributed by atoms with Crippen molar-refractivity contribution in [2.45, 2.75) is 25.8 Å². The summed E-state index contributed by atoms with van der Waals surface area (Å²) >= 11 is 0. The highest BCUT2D eigenvalue weighted by Crippen LogP contribution is 2.22. The molecule has 0 spiro atoms. The smallest absolute Gasteiger partial charge is 0.246 e. The van der Waals surface area contributed by atoms with Crippen LogP contribution in [0.3, 0.4) is 0 Å². The molecule has 0 aromatic heterocycles. The summed E-state index contributed by atoms with van der Waals surface area (Å²) in [5.74, 6) is -0.239. The number of carbonyl (C=O) groups is 1. The van der Waals surface area contributed by atoms with Gasteiger partial charge in [0.1, 0.15) is 0 Å². The zero-order valence-electron chi connectivity index (χ0n) is 13.0. The summed E-state index contributed by atoms with van der Waals surface area (Å²) < 4.78 is 18.5. The van der Waals surface area contributed by atoms with Gasteiger partial charge in [-0.2, -0.15) is 0 Å². The van der Waals surface area contributed by atoms with Gasteiger partial charge in [-0.25, -0.2) is 4.39 Å². The predicted octanol–water partition coefficient (Wildman–Crippen LogP) is 2.47. The number of methoxy groups -OCH3 is 1. The van der Waals surface area contributed by atoms with Crippen LogP contribution < -0.4 is 4.74 Å². The van der Waals surface area contributed by atoms with Gasteiger partial charge in [0.25, 0.3) is 0 Å². The Morgan fingerprint density at radius 2 is 2.27 bits per heavy atom. The van der Waals surface area contributed by atoms with E-state index in [2.05, 4.69) is 0 Å². The van der Waals surface area contributed by atoms with Gasteiger partial charge in [0.05, 0.1) is 7.11 Å². The normalized spacial score (nSPS) is 22.1. The maximum absolute atomic E-state index is 13.6. The highest BCUT2D eigenvalue weighted by molar-refractivity contribution is 5.92. The SMILES string of the molecule is COc1ccc(/C=C/C(=O)N2CC(CO)CCC2C)cc1F. The molecule has 1 aliphatic rings. The van der Waals surface area contributed by atoms with Crippen molar-refractivity contribution in [1.29, 1.82) is 0 Å². The Morgan fingerprint density at radius 3 is 2.91 bits per heavy atom. The molecule has 1 N–H and O–H groups in total. The van der Waals surface area contributed by atoms with Crippen molar-refractivity contribution in [2.24, 2.45) is 5.92 Å². The molecule has 1 amide bonds. The number of rotatable bonds is 4. The Kier molecular flexibility index (Phi) is 5.55. The van der Waals surface area contributed by atoms with Crippen LogP contribution in [0.5, 0.6) is 5.75 Å². The fourth-order valence-electron chi connectivity index (χ4n) is 2.69. The summed E-state index contributed by atoms with van der Waals surface area (Å²) in [6, 6.07) is 4.72. The van der Waals surface area contributed by atoms with Crippen molar-refractivity contribution in [3.63, 3.8) is 0 Å². The second kappa shape index (κ2) is 7.40. The average Bonchev–Trinajstić information content (AvgIpc) is 2.53. The van der Waals surface area contributed by atoms with E-state index in [0.717, 1.165) is 12.8 Å². The molecule has 5 heteroatoms. The number of hydrogen-bond acceptors (Lipinski definition) is 3. The first kappa shape index (κ1) is 16.5. The first-order valence-electron chi connectivity index (χ1n) is 7.48. The lowest BCUT2D eigenvalue weighted by molar-refractivity contribution is -0.130. The Bertz CT molecular complexity index is 559. The van der Waals surface area contributed by atoms with Gasteiger partial charge in [0.2, 0.25) is 5.91 Å². The molecule has 2 unspecified atom stereocenters. The predicted molar refractivity (Wildman–Crippen MR) is 83.0 cm³/mol. The molecule has 1 aromatic carbocycles. The molecule has 0 aliphatic carbocycles. The van der Waals surface area contributed by atoms with E-state index in [1.165, 1.54) is 25.3 Å². The molecular formula is C17H22FNO3. The zero-order chi connectivity index (χ0) is 16.1. The quantitative estimate of drug-likeness (QED) is 0.869. The molecule has 1 aliphatic heterocycles. The fraction of sp³-hybridized carbons (Fsp3) is 0.471. The van der Waals surface area contributed by atoms with Crippen LogP contribution in [0.15, 0.2) is 24.3 Å². The topological polar surface area (TPSA) is 49.8 Å². The number of ether oxygens (including phenoxy) is 1. The molecule has 1 aromatic rings. The molecule has 4 nitrogen and oxygen atoms in total. The van der Waals surface area contributed by atoms with E-state index in [9.17, 15) is 14.3 Å². The van der Waals surface area contributed by atoms with E-state index in [1.54, 1.807) is 17.0 Å². The molecule has 0 radical (unpaired) electrons. The van der Waals surface area contributed by atoms with Crippen molar-refractivity contribution < 1.29 is 19.0 Å². The van der Waals surface area contributed by atoms with Crippen molar-refractivity contribution in [1.82, 2.24) is 4.90 Å². The molecule has 0 saturated carbocycles. The number of carbonyl (C=O) groups excluding carboxylic acids is 1. The van der Waals surface area contributed by atoms with Gasteiger partial charge in [-0.3, -0.25) is 4.79 Å². The first-order chi connectivity index (χ1) is 10.5. The molecular weight excluding hydrogens is 285 g/mol. The van der Waals surface area contributed by atoms with Crippen LogP contribution in [0, 0.1) is 11.7 Å². The van der Waals surface area contributed by atoms with E-state index in [1.807, 2.05) is 6.92 Å². The number of amides is 1. The third-order valence-electron chi connectivity index (χ3n) is 4.12. The molecule has 2 rings (SSSR count). The van der Waals surface area contributed by atoms with Gasteiger partial charge in [-0.05, 0) is 49.5 Å². The second-order valence-corrected chi connectivity index (χ2v) is 5.69. The summed E-state index contributed by atoms with van der Waals surface area (Å²) in [7, 11) is 1.41. The van der Waals surface area contributed by atoms with Gasteiger partial charge in [0.15, 0.2) is 11.6 Å². The van der Waals surface area contributed by atoms with E-state index < -0.39 is 5.82 Å². The Labute approximate surface area is 130 Å². The number of hydrogen-bond donors (Lipinski definition) is 1. The minimum Gasteiger partial charge on any atom is -0.494 e. The summed E-state index contributed by atoms with van der Waals surface area (Å²) in [6.07, 6.45) is 4.88. The van der Waals surface area contributed by atoms with Gasteiger partial charge < -0.3 is 14.7 Å². The summed E-state index contributed by atoms with van der Waals surface area (Å²) in [5.41, 5.74) is 0.607. The van der Waals surface area contributed by atoms with Crippen molar-refractivity contribution in [3.8, 4) is 5.75 Å². The van der Waals surface area contributed by atoms with Gasteiger partial charge in [-0.15, -0.1) is 0 Å². The van der Waals surface area contributed by atoms with Crippen molar-refractivity contribution in [3.05, 3.63) is 35.7 Å². The van der Waals surface area contributed by atoms with Crippen LogP contribution in [0.2, 0.25) is 0 Å². The van der Waals surface area contributed by atoms with Gasteiger partial charge in [0, 0.05) is 25.3 Å². The fourth-order valence-corrected chi connectivity index (χ4v) is 2.69. The summed E-state index contributed by atoms with van der Waals surface area (Å²) in [4.78, 5) is 14.1. The Hall–Kier alpha value is -1.88. The zero-order valence-corrected chi connectivity index (χ0v) is 13.0. The molecule has 1 heterocycles. The summed E-state index contributed by atoms with van der Waals surface area (Å²) in [5, 5.41) is 9.26. The lowest BCUT2D eigenvalue weighted by atomic mass is 9.94. The molecule has 0 bridgehead atoms. The molecule has 1 saturated heterocycles. The lowest BCUT2D eigenvalue weighted by Crippen LogP contribution is -2.45. The number of nitrogens with zero attached hydrogens (tertiary/aromatic N) is 1. The number of aliphatic hydroxyl groups is 1. The molecule has 120 valence electrons. The highest BCUT2D eigenvalue weighted by atomic mass is 19.1. The van der Waals surface area contributed by atoms with Crippen LogP contribution in [0.1, 0.15) is 25.3 Å². The standard InChI is InChI=1S/C17H22FNO3/c1-12-3-4-14(11-20)10-19(12)17(21)8-6-13-5-7-16(22-2)15(18)9-13/h5-9,12,14,20H,3-4,10-11H2,1-2H3/b8-6+. The molecule has 22 heavy (non-hydrogen) atoms. The van der Waals surface area contributed by atoms with E-state index >= 15 is 0 Å². The summed E-state index contributed by atoms with van der Waals surface area (Å²) in [6.45, 7) is 2.67. The maximum atomic E-state index is 13.6. The third kappa shape index (κ3) is 3.85. The maximum Gasteiger partial charge on any atom is 0.246 e. The van der Waals surface area contributed by atoms with Crippen LogP contribution in [0.25, 0.3) is 6.08 Å². The highest BCUT2D eigenvalue weighted by Gasteiger charge is 2.27. The number of benzene rings is 1. The van der Waals surface area contributed by atoms with E-state index in [4.69, 9.17) is 4.74 Å². The van der Waals surface area contributed by atoms with Crippen LogP contribution in [-0.4, -0.2) is 42.2 Å². The Morgan fingerprint density at radius 1 is 1.50 bits per heavy atom. The van der Waals surface area contributed by atoms with E-state index in [-0.39, 0.29) is 30.2 Å².